The van der Waals surface area contributed by atoms with Crippen LogP contribution in [0, 0.1) is 0 Å². The fourth-order valence-electron chi connectivity index (χ4n) is 1.92. The Kier molecular flexibility index (Phi) is 3.75. The van der Waals surface area contributed by atoms with Crippen LogP contribution in [0.3, 0.4) is 0 Å². The molecule has 2 aromatic rings. The average molecular weight is 274 g/mol. The van der Waals surface area contributed by atoms with Crippen LogP contribution in [0.4, 0.5) is 5.82 Å². The molecule has 0 aromatic carbocycles. The number of hydrogen-bond acceptors (Lipinski definition) is 5. The van der Waals surface area contributed by atoms with Gasteiger partial charge in [-0.1, -0.05) is 0 Å². The minimum atomic E-state index is 0.711. The van der Waals surface area contributed by atoms with Crippen LogP contribution in [0.5, 0.6) is 0 Å². The van der Waals surface area contributed by atoms with Crippen LogP contribution < -0.4 is 10.2 Å². The highest BCUT2D eigenvalue weighted by atomic mass is 32.1. The molecule has 2 aromatic heterocycles. The van der Waals surface area contributed by atoms with Gasteiger partial charge in [0.05, 0.1) is 5.69 Å². The van der Waals surface area contributed by atoms with E-state index in [1.807, 2.05) is 13.1 Å². The van der Waals surface area contributed by atoms with Crippen molar-refractivity contribution in [3.8, 4) is 0 Å². The Morgan fingerprint density at radius 2 is 2.21 bits per heavy atom. The molecule has 5 heteroatoms. The van der Waals surface area contributed by atoms with Crippen molar-refractivity contribution in [1.82, 2.24) is 15.5 Å². The molecule has 4 nitrogen and oxygen atoms in total. The van der Waals surface area contributed by atoms with E-state index in [0.717, 1.165) is 24.6 Å². The molecule has 3 rings (SSSR count). The lowest BCUT2D eigenvalue weighted by molar-refractivity contribution is 0.664. The zero-order valence-electron chi connectivity index (χ0n) is 11.0. The Bertz CT molecular complexity index is 505. The standard InChI is InChI=1S/C14H18N4S/c1-18(9-11-6-7-19-10-11)14-5-4-13(16-17-14)8-15-12-2-3-12/h4-7,10,12,15H,2-3,8-9H2,1H3. The molecule has 0 radical (unpaired) electrons. The van der Waals surface area contributed by atoms with E-state index in [1.165, 1.54) is 18.4 Å². The van der Waals surface area contributed by atoms with E-state index in [1.54, 1.807) is 11.3 Å². The van der Waals surface area contributed by atoms with Gasteiger partial charge in [0.2, 0.25) is 0 Å². The molecular weight excluding hydrogens is 256 g/mol. The second kappa shape index (κ2) is 5.67. The Balaban J connectivity index is 1.57. The van der Waals surface area contributed by atoms with E-state index in [9.17, 15) is 0 Å². The van der Waals surface area contributed by atoms with Crippen molar-refractivity contribution in [2.24, 2.45) is 0 Å². The van der Waals surface area contributed by atoms with E-state index >= 15 is 0 Å². The minimum Gasteiger partial charge on any atom is -0.354 e. The largest absolute Gasteiger partial charge is 0.354 e. The first-order valence-corrected chi connectivity index (χ1v) is 7.54. The van der Waals surface area contributed by atoms with Crippen molar-refractivity contribution in [1.29, 1.82) is 0 Å². The number of nitrogens with zero attached hydrogens (tertiary/aromatic N) is 3. The van der Waals surface area contributed by atoms with Crippen LogP contribution in [-0.2, 0) is 13.1 Å². The lowest BCUT2D eigenvalue weighted by Gasteiger charge is -2.16. The molecule has 0 unspecified atom stereocenters. The van der Waals surface area contributed by atoms with Gasteiger partial charge in [-0.15, -0.1) is 5.10 Å². The molecule has 0 aliphatic heterocycles. The van der Waals surface area contributed by atoms with Gasteiger partial charge in [-0.2, -0.15) is 16.4 Å². The van der Waals surface area contributed by atoms with E-state index in [2.05, 4.69) is 43.3 Å². The minimum absolute atomic E-state index is 0.711. The van der Waals surface area contributed by atoms with Gasteiger partial charge in [0, 0.05) is 26.2 Å². The first kappa shape index (κ1) is 12.6. The Morgan fingerprint density at radius 1 is 1.32 bits per heavy atom. The highest BCUT2D eigenvalue weighted by molar-refractivity contribution is 7.07. The third-order valence-corrected chi connectivity index (χ3v) is 3.98. The topological polar surface area (TPSA) is 41.0 Å². The molecule has 1 saturated carbocycles. The lowest BCUT2D eigenvalue weighted by atomic mass is 10.3. The molecule has 0 atom stereocenters. The summed E-state index contributed by atoms with van der Waals surface area (Å²) in [7, 11) is 2.05. The van der Waals surface area contributed by atoms with E-state index in [-0.39, 0.29) is 0 Å². The third-order valence-electron chi connectivity index (χ3n) is 3.25. The Hall–Kier alpha value is -1.46. The monoisotopic (exact) mass is 274 g/mol. The molecule has 100 valence electrons. The van der Waals surface area contributed by atoms with Crippen molar-refractivity contribution in [2.45, 2.75) is 32.0 Å². The van der Waals surface area contributed by atoms with Gasteiger partial charge < -0.3 is 10.2 Å². The number of rotatable bonds is 6. The first-order chi connectivity index (χ1) is 9.31. The maximum Gasteiger partial charge on any atom is 0.151 e. The van der Waals surface area contributed by atoms with Gasteiger partial charge in [0.25, 0.3) is 0 Å². The van der Waals surface area contributed by atoms with Gasteiger partial charge >= 0.3 is 0 Å². The summed E-state index contributed by atoms with van der Waals surface area (Å²) >= 11 is 1.72. The summed E-state index contributed by atoms with van der Waals surface area (Å²) in [6.07, 6.45) is 2.60. The van der Waals surface area contributed by atoms with Crippen molar-refractivity contribution in [2.75, 3.05) is 11.9 Å². The molecule has 0 amide bonds. The summed E-state index contributed by atoms with van der Waals surface area (Å²) in [4.78, 5) is 2.12. The maximum absolute atomic E-state index is 4.30. The molecule has 19 heavy (non-hydrogen) atoms. The number of hydrogen-bond donors (Lipinski definition) is 1. The summed E-state index contributed by atoms with van der Waals surface area (Å²) in [6, 6.07) is 6.95. The van der Waals surface area contributed by atoms with E-state index in [0.29, 0.717) is 6.04 Å². The van der Waals surface area contributed by atoms with Gasteiger partial charge in [-0.25, -0.2) is 0 Å². The lowest BCUT2D eigenvalue weighted by Crippen LogP contribution is -2.19. The number of aromatic nitrogens is 2. The molecule has 1 aliphatic carbocycles. The molecule has 2 heterocycles. The van der Waals surface area contributed by atoms with Crippen LogP contribution in [0.1, 0.15) is 24.1 Å². The van der Waals surface area contributed by atoms with E-state index < -0.39 is 0 Å². The Labute approximate surface area is 117 Å². The predicted molar refractivity (Wildman–Crippen MR) is 78.3 cm³/mol. The SMILES string of the molecule is CN(Cc1ccsc1)c1ccc(CNC2CC2)nn1. The molecule has 1 fully saturated rings. The normalized spacial score (nSPS) is 14.6. The van der Waals surface area contributed by atoms with E-state index in [4.69, 9.17) is 0 Å². The molecule has 0 saturated heterocycles. The van der Waals surface area contributed by atoms with Gasteiger partial charge in [0.15, 0.2) is 5.82 Å². The van der Waals surface area contributed by atoms with Gasteiger partial charge in [0.1, 0.15) is 0 Å². The summed E-state index contributed by atoms with van der Waals surface area (Å²) in [5.41, 5.74) is 2.33. The fraction of sp³-hybridized carbons (Fsp3) is 0.429. The van der Waals surface area contributed by atoms with Gasteiger partial charge in [-0.3, -0.25) is 0 Å². The number of nitrogens with one attached hydrogen (secondary N) is 1. The molecule has 1 N–H and O–H groups in total. The smallest absolute Gasteiger partial charge is 0.151 e. The number of thiophene rings is 1. The Morgan fingerprint density at radius 3 is 2.84 bits per heavy atom. The molecule has 0 bridgehead atoms. The quantitative estimate of drug-likeness (QED) is 0.878. The fourth-order valence-corrected chi connectivity index (χ4v) is 2.58. The van der Waals surface area contributed by atoms with Crippen molar-refractivity contribution >= 4 is 17.2 Å². The number of anilines is 1. The summed E-state index contributed by atoms with van der Waals surface area (Å²) < 4.78 is 0. The first-order valence-electron chi connectivity index (χ1n) is 6.59. The third kappa shape index (κ3) is 3.52. The van der Waals surface area contributed by atoms with Crippen LogP contribution in [0.25, 0.3) is 0 Å². The maximum atomic E-state index is 4.30. The molecule has 1 aliphatic rings. The summed E-state index contributed by atoms with van der Waals surface area (Å²) in [5.74, 6) is 0.918. The average Bonchev–Trinajstić information content (AvgIpc) is 3.13. The second-order valence-corrected chi connectivity index (χ2v) is 5.81. The molecular formula is C14H18N4S. The zero-order chi connectivity index (χ0) is 13.1. The summed E-state index contributed by atoms with van der Waals surface area (Å²) in [5, 5.41) is 16.3. The van der Waals surface area contributed by atoms with Crippen molar-refractivity contribution in [3.63, 3.8) is 0 Å². The van der Waals surface area contributed by atoms with Crippen LogP contribution in [0.15, 0.2) is 29.0 Å². The molecule has 0 spiro atoms. The second-order valence-electron chi connectivity index (χ2n) is 5.03. The van der Waals surface area contributed by atoms with Crippen LogP contribution >= 0.6 is 11.3 Å². The highest BCUT2D eigenvalue weighted by Gasteiger charge is 2.20. The van der Waals surface area contributed by atoms with Crippen molar-refractivity contribution < 1.29 is 0 Å². The summed E-state index contributed by atoms with van der Waals surface area (Å²) in [6.45, 7) is 1.70. The van der Waals surface area contributed by atoms with Gasteiger partial charge in [-0.05, 0) is 47.4 Å². The van der Waals surface area contributed by atoms with Crippen LogP contribution in [0.2, 0.25) is 0 Å². The predicted octanol–water partition coefficient (Wildman–Crippen LogP) is 2.43. The van der Waals surface area contributed by atoms with Crippen LogP contribution in [-0.4, -0.2) is 23.3 Å². The van der Waals surface area contributed by atoms with Crippen molar-refractivity contribution in [3.05, 3.63) is 40.2 Å². The zero-order valence-corrected chi connectivity index (χ0v) is 11.9. The highest BCUT2D eigenvalue weighted by Crippen LogP contribution is 2.19.